The van der Waals surface area contributed by atoms with Gasteiger partial charge in [0, 0.05) is 38.4 Å². The fourth-order valence-corrected chi connectivity index (χ4v) is 4.83. The number of carbonyl (C=O) groups is 2. The first kappa shape index (κ1) is 24.7. The highest BCUT2D eigenvalue weighted by Crippen LogP contribution is 2.18. The molecule has 0 aliphatic carbocycles. The maximum atomic E-state index is 12.6. The van der Waals surface area contributed by atoms with Crippen molar-refractivity contribution in [2.24, 2.45) is 0 Å². The number of nitrogens with zero attached hydrogens (tertiary/aromatic N) is 2. The van der Waals surface area contributed by atoms with E-state index in [0.29, 0.717) is 5.69 Å². The lowest BCUT2D eigenvalue weighted by atomic mass is 10.2. The zero-order chi connectivity index (χ0) is 23.8. The normalized spacial score (nSPS) is 15.4. The van der Waals surface area contributed by atoms with E-state index < -0.39 is 22.0 Å². The molecule has 1 atom stereocenters. The molecule has 10 heteroatoms. The molecule has 1 aliphatic heterocycles. The summed E-state index contributed by atoms with van der Waals surface area (Å²) in [6.45, 7) is 5.13. The summed E-state index contributed by atoms with van der Waals surface area (Å²) in [4.78, 5) is 30.3. The van der Waals surface area contributed by atoms with Crippen molar-refractivity contribution in [1.82, 2.24) is 15.0 Å². The van der Waals surface area contributed by atoms with Crippen molar-refractivity contribution in [2.75, 3.05) is 23.3 Å². The average Bonchev–Trinajstić information content (AvgIpc) is 3.07. The minimum Gasteiger partial charge on any atom is -0.357 e. The Morgan fingerprint density at radius 2 is 1.70 bits per heavy atom. The standard InChI is InChI=1S/C23H31N5O4S/c1-17(27-33(31,32)21-10-8-20(9-11-21)26-18(2)29)23(30)25-16-19-7-12-22(24-15-19)28-13-5-3-4-6-14-28/h7-12,15,17,27H,3-6,13-14,16H2,1-2H3,(H,25,30)(H,26,29)/t17-/m0/s1. The molecule has 3 rings (SSSR count). The van der Waals surface area contributed by atoms with E-state index in [4.69, 9.17) is 0 Å². The fraction of sp³-hybridized carbons (Fsp3) is 0.435. The van der Waals surface area contributed by atoms with Crippen LogP contribution in [-0.2, 0) is 26.2 Å². The summed E-state index contributed by atoms with van der Waals surface area (Å²) in [6, 6.07) is 8.65. The summed E-state index contributed by atoms with van der Waals surface area (Å²) in [5, 5.41) is 5.32. The van der Waals surface area contributed by atoms with Crippen LogP contribution in [0.25, 0.3) is 0 Å². The van der Waals surface area contributed by atoms with Gasteiger partial charge in [0.2, 0.25) is 21.8 Å². The molecule has 1 aliphatic rings. The van der Waals surface area contributed by atoms with Crippen LogP contribution in [0.3, 0.4) is 0 Å². The number of hydrogen-bond acceptors (Lipinski definition) is 6. The zero-order valence-electron chi connectivity index (χ0n) is 19.0. The van der Waals surface area contributed by atoms with Crippen molar-refractivity contribution in [3.63, 3.8) is 0 Å². The first-order chi connectivity index (χ1) is 15.7. The van der Waals surface area contributed by atoms with Crippen LogP contribution in [-0.4, -0.2) is 44.3 Å². The lowest BCUT2D eigenvalue weighted by Crippen LogP contribution is -2.44. The van der Waals surface area contributed by atoms with Gasteiger partial charge in [0.1, 0.15) is 5.82 Å². The summed E-state index contributed by atoms with van der Waals surface area (Å²) >= 11 is 0. The Bertz CT molecular complexity index is 1050. The number of hydrogen-bond donors (Lipinski definition) is 3. The van der Waals surface area contributed by atoms with E-state index in [2.05, 4.69) is 25.2 Å². The molecule has 3 N–H and O–H groups in total. The van der Waals surface area contributed by atoms with E-state index in [1.165, 1.54) is 63.8 Å². The Hall–Kier alpha value is -2.98. The van der Waals surface area contributed by atoms with Gasteiger partial charge in [-0.05, 0) is 55.7 Å². The van der Waals surface area contributed by atoms with Crippen LogP contribution in [0.2, 0.25) is 0 Å². The molecule has 33 heavy (non-hydrogen) atoms. The Kier molecular flexibility index (Phi) is 8.40. The van der Waals surface area contributed by atoms with Crippen molar-refractivity contribution in [3.05, 3.63) is 48.2 Å². The predicted molar refractivity (Wildman–Crippen MR) is 127 cm³/mol. The van der Waals surface area contributed by atoms with Gasteiger partial charge in [-0.1, -0.05) is 18.9 Å². The van der Waals surface area contributed by atoms with Gasteiger partial charge in [-0.15, -0.1) is 0 Å². The lowest BCUT2D eigenvalue weighted by Gasteiger charge is -2.21. The first-order valence-corrected chi connectivity index (χ1v) is 12.6. The molecule has 9 nitrogen and oxygen atoms in total. The molecule has 0 bridgehead atoms. The van der Waals surface area contributed by atoms with E-state index in [0.717, 1.165) is 24.5 Å². The SMILES string of the molecule is CC(=O)Nc1ccc(S(=O)(=O)N[C@@H](C)C(=O)NCc2ccc(N3CCCCCC3)nc2)cc1. The third kappa shape index (κ3) is 7.26. The number of nitrogens with one attached hydrogen (secondary N) is 3. The quantitative estimate of drug-likeness (QED) is 0.541. The summed E-state index contributed by atoms with van der Waals surface area (Å²) in [6.07, 6.45) is 6.60. The summed E-state index contributed by atoms with van der Waals surface area (Å²) in [5.74, 6) is 0.253. The molecule has 1 fully saturated rings. The second kappa shape index (κ2) is 11.2. The summed E-state index contributed by atoms with van der Waals surface area (Å²) in [5.41, 5.74) is 1.33. The van der Waals surface area contributed by atoms with Crippen LogP contribution in [0.1, 0.15) is 45.1 Å². The molecule has 178 valence electrons. The largest absolute Gasteiger partial charge is 0.357 e. The van der Waals surface area contributed by atoms with E-state index in [-0.39, 0.29) is 17.3 Å². The second-order valence-electron chi connectivity index (χ2n) is 8.19. The Morgan fingerprint density at radius 3 is 2.27 bits per heavy atom. The van der Waals surface area contributed by atoms with Gasteiger partial charge >= 0.3 is 0 Å². The molecule has 1 aromatic carbocycles. The Balaban J connectivity index is 1.52. The topological polar surface area (TPSA) is 120 Å². The van der Waals surface area contributed by atoms with Crippen molar-refractivity contribution in [1.29, 1.82) is 0 Å². The molecule has 2 amide bonds. The highest BCUT2D eigenvalue weighted by atomic mass is 32.2. The third-order valence-electron chi connectivity index (χ3n) is 5.42. The van der Waals surface area contributed by atoms with Crippen molar-refractivity contribution >= 4 is 33.3 Å². The molecule has 2 heterocycles. The van der Waals surface area contributed by atoms with Gasteiger partial charge in [0.05, 0.1) is 10.9 Å². The number of sulfonamides is 1. The molecule has 1 saturated heterocycles. The maximum absolute atomic E-state index is 12.6. The number of anilines is 2. The highest BCUT2D eigenvalue weighted by molar-refractivity contribution is 7.89. The number of benzene rings is 1. The number of aromatic nitrogens is 1. The van der Waals surface area contributed by atoms with Crippen LogP contribution in [0.5, 0.6) is 0 Å². The number of amides is 2. The molecule has 0 unspecified atom stereocenters. The van der Waals surface area contributed by atoms with Crippen molar-refractivity contribution in [3.8, 4) is 0 Å². The maximum Gasteiger partial charge on any atom is 0.241 e. The van der Waals surface area contributed by atoms with Gasteiger partial charge in [0.15, 0.2) is 0 Å². The molecule has 1 aromatic heterocycles. The van der Waals surface area contributed by atoms with E-state index >= 15 is 0 Å². The van der Waals surface area contributed by atoms with Gasteiger partial charge in [0.25, 0.3) is 0 Å². The van der Waals surface area contributed by atoms with Gasteiger partial charge in [-0.25, -0.2) is 13.4 Å². The van der Waals surface area contributed by atoms with Crippen molar-refractivity contribution in [2.45, 2.75) is 57.0 Å². The number of carbonyl (C=O) groups excluding carboxylic acids is 2. The van der Waals surface area contributed by atoms with Crippen LogP contribution >= 0.6 is 0 Å². The molecular weight excluding hydrogens is 442 g/mol. The Morgan fingerprint density at radius 1 is 1.03 bits per heavy atom. The molecule has 0 saturated carbocycles. The second-order valence-corrected chi connectivity index (χ2v) is 9.91. The van der Waals surface area contributed by atoms with Crippen molar-refractivity contribution < 1.29 is 18.0 Å². The lowest BCUT2D eigenvalue weighted by molar-refractivity contribution is -0.122. The predicted octanol–water partition coefficient (Wildman–Crippen LogP) is 2.40. The van der Waals surface area contributed by atoms with Crippen LogP contribution < -0.4 is 20.3 Å². The minimum absolute atomic E-state index is 0.00422. The summed E-state index contributed by atoms with van der Waals surface area (Å²) < 4.78 is 27.5. The first-order valence-electron chi connectivity index (χ1n) is 11.1. The molecular formula is C23H31N5O4S. The van der Waals surface area contributed by atoms with Gasteiger partial charge < -0.3 is 15.5 Å². The van der Waals surface area contributed by atoms with E-state index in [9.17, 15) is 18.0 Å². The monoisotopic (exact) mass is 473 g/mol. The van der Waals surface area contributed by atoms with Crippen LogP contribution in [0.15, 0.2) is 47.5 Å². The third-order valence-corrected chi connectivity index (χ3v) is 6.97. The number of rotatable bonds is 8. The average molecular weight is 474 g/mol. The van der Waals surface area contributed by atoms with Crippen LogP contribution in [0, 0.1) is 0 Å². The number of pyridine rings is 1. The fourth-order valence-electron chi connectivity index (χ4n) is 3.63. The van der Waals surface area contributed by atoms with E-state index in [1.54, 1.807) is 6.20 Å². The van der Waals surface area contributed by atoms with Crippen LogP contribution in [0.4, 0.5) is 11.5 Å². The molecule has 0 radical (unpaired) electrons. The van der Waals surface area contributed by atoms with E-state index in [1.807, 2.05) is 12.1 Å². The molecule has 0 spiro atoms. The van der Waals surface area contributed by atoms with Gasteiger partial charge in [-0.2, -0.15) is 4.72 Å². The highest BCUT2D eigenvalue weighted by Gasteiger charge is 2.22. The smallest absolute Gasteiger partial charge is 0.241 e. The Labute approximate surface area is 195 Å². The minimum atomic E-state index is -3.90. The van der Waals surface area contributed by atoms with Gasteiger partial charge in [-0.3, -0.25) is 9.59 Å². The zero-order valence-corrected chi connectivity index (χ0v) is 19.8. The summed E-state index contributed by atoms with van der Waals surface area (Å²) in [7, 11) is -3.90. The molecule has 2 aromatic rings.